The molecule has 1 aliphatic rings. The molecule has 1 heterocycles. The van der Waals surface area contributed by atoms with Crippen LogP contribution in [0.3, 0.4) is 0 Å². The predicted molar refractivity (Wildman–Crippen MR) is 58.2 cm³/mol. The molecule has 0 radical (unpaired) electrons. The smallest absolute Gasteiger partial charge is 0.223 e. The van der Waals surface area contributed by atoms with Crippen LogP contribution >= 0.6 is 0 Å². The van der Waals surface area contributed by atoms with Gasteiger partial charge in [-0.05, 0) is 20.8 Å². The third-order valence-corrected chi connectivity index (χ3v) is 2.46. The van der Waals surface area contributed by atoms with Crippen LogP contribution in [-0.4, -0.2) is 29.1 Å². The molecule has 0 saturated heterocycles. The number of hydrogen-bond acceptors (Lipinski definition) is 3. The van der Waals surface area contributed by atoms with Crippen LogP contribution in [0.2, 0.25) is 0 Å². The Morgan fingerprint density at radius 2 is 2.13 bits per heavy atom. The van der Waals surface area contributed by atoms with Crippen molar-refractivity contribution in [2.45, 2.75) is 45.3 Å². The van der Waals surface area contributed by atoms with E-state index in [2.05, 4.69) is 16.1 Å². The molecule has 4 nitrogen and oxygen atoms in total. The number of amides is 1. The number of terminal acetylenes is 1. The summed E-state index contributed by atoms with van der Waals surface area (Å²) < 4.78 is 0. The molecule has 0 saturated carbocycles. The van der Waals surface area contributed by atoms with Crippen molar-refractivity contribution >= 4 is 5.91 Å². The van der Waals surface area contributed by atoms with Crippen LogP contribution in [0.4, 0.5) is 0 Å². The Morgan fingerprint density at radius 3 is 2.53 bits per heavy atom. The Labute approximate surface area is 90.8 Å². The van der Waals surface area contributed by atoms with Crippen LogP contribution in [-0.2, 0) is 4.79 Å². The first kappa shape index (κ1) is 11.7. The quantitative estimate of drug-likeness (QED) is 0.634. The van der Waals surface area contributed by atoms with Gasteiger partial charge in [0.05, 0.1) is 6.54 Å². The second kappa shape index (κ2) is 4.43. The van der Waals surface area contributed by atoms with E-state index in [4.69, 9.17) is 6.42 Å². The fourth-order valence-corrected chi connectivity index (χ4v) is 1.33. The third-order valence-electron chi connectivity index (χ3n) is 2.46. The average Bonchev–Trinajstić information content (AvgIpc) is 2.89. The molecule has 0 aromatic heterocycles. The van der Waals surface area contributed by atoms with E-state index in [9.17, 15) is 4.79 Å². The van der Waals surface area contributed by atoms with Crippen LogP contribution in [0.5, 0.6) is 0 Å². The molecule has 0 N–H and O–H groups in total. The van der Waals surface area contributed by atoms with Crippen molar-refractivity contribution in [2.24, 2.45) is 10.2 Å². The van der Waals surface area contributed by atoms with Gasteiger partial charge in [-0.25, -0.2) is 0 Å². The van der Waals surface area contributed by atoms with Gasteiger partial charge < -0.3 is 4.90 Å². The highest BCUT2D eigenvalue weighted by atomic mass is 16.2. The first-order valence-corrected chi connectivity index (χ1v) is 5.15. The zero-order valence-electron chi connectivity index (χ0n) is 9.53. The molecule has 82 valence electrons. The number of carbonyl (C=O) groups excluding carboxylic acids is 1. The van der Waals surface area contributed by atoms with Gasteiger partial charge in [-0.1, -0.05) is 5.92 Å². The minimum absolute atomic E-state index is 0.0847. The Hall–Kier alpha value is -1.37. The van der Waals surface area contributed by atoms with Gasteiger partial charge in [0.25, 0.3) is 0 Å². The molecule has 1 amide bonds. The number of rotatable bonds is 5. The van der Waals surface area contributed by atoms with Gasteiger partial charge in [0.2, 0.25) is 5.91 Å². The van der Waals surface area contributed by atoms with Crippen molar-refractivity contribution in [1.29, 1.82) is 0 Å². The number of carbonyl (C=O) groups is 1. The minimum Gasteiger partial charge on any atom is -0.329 e. The molecule has 0 spiro atoms. The molecular weight excluding hydrogens is 190 g/mol. The zero-order chi connectivity index (χ0) is 11.5. The summed E-state index contributed by atoms with van der Waals surface area (Å²) >= 11 is 0. The normalized spacial score (nSPS) is 16.2. The topological polar surface area (TPSA) is 45.0 Å². The Morgan fingerprint density at radius 1 is 1.53 bits per heavy atom. The number of nitrogens with zero attached hydrogens (tertiary/aromatic N) is 3. The van der Waals surface area contributed by atoms with Gasteiger partial charge in [-0.2, -0.15) is 10.2 Å². The molecule has 4 heteroatoms. The Bertz CT molecular complexity index is 308. The van der Waals surface area contributed by atoms with E-state index < -0.39 is 0 Å². The van der Waals surface area contributed by atoms with Gasteiger partial charge in [0.15, 0.2) is 5.66 Å². The van der Waals surface area contributed by atoms with Crippen molar-refractivity contribution in [1.82, 2.24) is 4.90 Å². The summed E-state index contributed by atoms with van der Waals surface area (Å²) in [5.74, 6) is 2.59. The molecule has 0 fully saturated rings. The van der Waals surface area contributed by atoms with Crippen molar-refractivity contribution in [3.8, 4) is 12.3 Å². The van der Waals surface area contributed by atoms with Gasteiger partial charge >= 0.3 is 0 Å². The standard InChI is InChI=1S/C11H17N3O/c1-5-8-14(9(2)3)10(15)6-7-11(4)12-13-11/h1,9H,6-8H2,2-4H3. The summed E-state index contributed by atoms with van der Waals surface area (Å²) in [4.78, 5) is 13.5. The zero-order valence-corrected chi connectivity index (χ0v) is 9.53. The second-order valence-electron chi connectivity index (χ2n) is 4.24. The lowest BCUT2D eigenvalue weighted by Crippen LogP contribution is -2.37. The summed E-state index contributed by atoms with van der Waals surface area (Å²) in [6.45, 7) is 6.22. The van der Waals surface area contributed by atoms with E-state index in [1.807, 2.05) is 20.8 Å². The van der Waals surface area contributed by atoms with Crippen molar-refractivity contribution < 1.29 is 4.79 Å². The molecule has 0 bridgehead atoms. The van der Waals surface area contributed by atoms with E-state index in [-0.39, 0.29) is 17.6 Å². The van der Waals surface area contributed by atoms with Crippen LogP contribution in [0.1, 0.15) is 33.6 Å². The van der Waals surface area contributed by atoms with Crippen LogP contribution in [0.15, 0.2) is 10.2 Å². The molecule has 0 atom stereocenters. The van der Waals surface area contributed by atoms with Crippen LogP contribution in [0, 0.1) is 12.3 Å². The van der Waals surface area contributed by atoms with Crippen molar-refractivity contribution in [3.63, 3.8) is 0 Å². The maximum atomic E-state index is 11.8. The fraction of sp³-hybridized carbons (Fsp3) is 0.727. The Balaban J connectivity index is 2.39. The minimum atomic E-state index is -0.297. The second-order valence-corrected chi connectivity index (χ2v) is 4.24. The van der Waals surface area contributed by atoms with Crippen LogP contribution < -0.4 is 0 Å². The summed E-state index contributed by atoms with van der Waals surface area (Å²) in [6.07, 6.45) is 6.36. The first-order valence-electron chi connectivity index (χ1n) is 5.15. The summed E-state index contributed by atoms with van der Waals surface area (Å²) in [5, 5.41) is 7.74. The lowest BCUT2D eigenvalue weighted by atomic mass is 10.1. The Kier molecular flexibility index (Phi) is 3.46. The largest absolute Gasteiger partial charge is 0.329 e. The molecule has 15 heavy (non-hydrogen) atoms. The highest BCUT2D eigenvalue weighted by Crippen LogP contribution is 2.32. The molecule has 0 aromatic carbocycles. The molecule has 1 aliphatic heterocycles. The molecule has 0 aliphatic carbocycles. The predicted octanol–water partition coefficient (Wildman–Crippen LogP) is 1.82. The molecule has 0 unspecified atom stereocenters. The van der Waals surface area contributed by atoms with E-state index in [0.717, 1.165) is 0 Å². The number of hydrogen-bond donors (Lipinski definition) is 0. The first-order chi connectivity index (χ1) is 6.98. The van der Waals surface area contributed by atoms with Crippen molar-refractivity contribution in [2.75, 3.05) is 6.54 Å². The van der Waals surface area contributed by atoms with E-state index >= 15 is 0 Å². The maximum Gasteiger partial charge on any atom is 0.223 e. The summed E-state index contributed by atoms with van der Waals surface area (Å²) in [7, 11) is 0. The third kappa shape index (κ3) is 3.35. The van der Waals surface area contributed by atoms with Gasteiger partial charge in [0.1, 0.15) is 0 Å². The summed E-state index contributed by atoms with van der Waals surface area (Å²) in [6, 6.07) is 0.148. The molecular formula is C11H17N3O. The highest BCUT2D eigenvalue weighted by Gasteiger charge is 2.34. The van der Waals surface area contributed by atoms with Gasteiger partial charge in [-0.15, -0.1) is 6.42 Å². The van der Waals surface area contributed by atoms with Crippen molar-refractivity contribution in [3.05, 3.63) is 0 Å². The SMILES string of the molecule is C#CCN(C(=O)CCC1(C)N=N1)C(C)C. The maximum absolute atomic E-state index is 11.8. The van der Waals surface area contributed by atoms with Gasteiger partial charge in [-0.3, -0.25) is 4.79 Å². The van der Waals surface area contributed by atoms with E-state index in [0.29, 0.717) is 19.4 Å². The lowest BCUT2D eigenvalue weighted by molar-refractivity contribution is -0.132. The van der Waals surface area contributed by atoms with Crippen LogP contribution in [0.25, 0.3) is 0 Å². The highest BCUT2D eigenvalue weighted by molar-refractivity contribution is 5.76. The average molecular weight is 207 g/mol. The van der Waals surface area contributed by atoms with E-state index in [1.165, 1.54) is 0 Å². The summed E-state index contributed by atoms with van der Waals surface area (Å²) in [5.41, 5.74) is -0.297. The van der Waals surface area contributed by atoms with E-state index in [1.54, 1.807) is 4.90 Å². The van der Waals surface area contributed by atoms with Gasteiger partial charge in [0, 0.05) is 18.9 Å². The monoisotopic (exact) mass is 207 g/mol. The molecule has 0 aromatic rings. The molecule has 1 rings (SSSR count). The fourth-order valence-electron chi connectivity index (χ4n) is 1.33. The lowest BCUT2D eigenvalue weighted by Gasteiger charge is -2.24.